The fourth-order valence-corrected chi connectivity index (χ4v) is 1.80. The van der Waals surface area contributed by atoms with Crippen LogP contribution in [0.5, 0.6) is 0 Å². The summed E-state index contributed by atoms with van der Waals surface area (Å²) in [5, 5.41) is 0. The van der Waals surface area contributed by atoms with E-state index in [-0.39, 0.29) is 30.3 Å². The van der Waals surface area contributed by atoms with E-state index >= 15 is 0 Å². The Kier molecular flexibility index (Phi) is 4.24. The molecule has 1 aliphatic rings. The van der Waals surface area contributed by atoms with Crippen molar-refractivity contribution < 1.29 is 9.59 Å². The fourth-order valence-electron chi connectivity index (χ4n) is 1.70. The molecule has 0 atom stereocenters. The molecule has 1 fully saturated rings. The maximum atomic E-state index is 11.8. The van der Waals surface area contributed by atoms with Crippen LogP contribution in [0.4, 0.5) is 0 Å². The lowest BCUT2D eigenvalue weighted by molar-refractivity contribution is -0.150. The zero-order chi connectivity index (χ0) is 12.3. The van der Waals surface area contributed by atoms with E-state index in [0.29, 0.717) is 18.8 Å². The number of carbonyl (C=O) groups is 2. The average Bonchev–Trinajstić information content (AvgIpc) is 2.22. The van der Waals surface area contributed by atoms with Crippen molar-refractivity contribution in [2.45, 2.75) is 20.8 Å². The van der Waals surface area contributed by atoms with Gasteiger partial charge in [0, 0.05) is 13.1 Å². The van der Waals surface area contributed by atoms with E-state index in [4.69, 9.17) is 0 Å². The predicted molar refractivity (Wildman–Crippen MR) is 66.5 cm³/mol. The minimum Gasteiger partial charge on any atom is -0.332 e. The van der Waals surface area contributed by atoms with Crippen LogP contribution in [0.15, 0.2) is 0 Å². The van der Waals surface area contributed by atoms with Crippen molar-refractivity contribution in [1.29, 1.82) is 0 Å². The molecule has 4 nitrogen and oxygen atoms in total. The smallest absolute Gasteiger partial charge is 0.242 e. The van der Waals surface area contributed by atoms with E-state index < -0.39 is 0 Å². The van der Waals surface area contributed by atoms with Crippen molar-refractivity contribution in [2.75, 3.05) is 31.9 Å². The average molecular weight is 244 g/mol. The molecule has 92 valence electrons. The zero-order valence-electron chi connectivity index (χ0n) is 10.2. The molecule has 0 N–H and O–H groups in total. The number of rotatable bonds is 4. The van der Waals surface area contributed by atoms with Crippen molar-refractivity contribution in [2.24, 2.45) is 5.41 Å². The highest BCUT2D eigenvalue weighted by Gasteiger charge is 2.32. The van der Waals surface area contributed by atoms with Crippen molar-refractivity contribution in [3.63, 3.8) is 0 Å². The van der Waals surface area contributed by atoms with E-state index in [2.05, 4.69) is 12.6 Å². The lowest BCUT2D eigenvalue weighted by Gasteiger charge is -2.37. The largest absolute Gasteiger partial charge is 0.332 e. The molecule has 1 heterocycles. The second-order valence-electron chi connectivity index (χ2n) is 4.98. The molecular formula is C11H20N2O2S. The zero-order valence-corrected chi connectivity index (χ0v) is 11.1. The molecule has 5 heteroatoms. The van der Waals surface area contributed by atoms with Gasteiger partial charge in [0.05, 0.1) is 13.1 Å². The molecule has 0 radical (unpaired) electrons. The summed E-state index contributed by atoms with van der Waals surface area (Å²) in [5.41, 5.74) is -0.0482. The predicted octanol–water partition coefficient (Wildman–Crippen LogP) is 0.633. The number of amides is 2. The van der Waals surface area contributed by atoms with Gasteiger partial charge in [-0.15, -0.1) is 0 Å². The Labute approximate surface area is 102 Å². The van der Waals surface area contributed by atoms with Gasteiger partial charge in [0.15, 0.2) is 0 Å². The molecule has 0 unspecified atom stereocenters. The number of hydrogen-bond acceptors (Lipinski definition) is 3. The second kappa shape index (κ2) is 5.08. The molecule has 0 spiro atoms. The van der Waals surface area contributed by atoms with Gasteiger partial charge in [0.25, 0.3) is 0 Å². The van der Waals surface area contributed by atoms with E-state index in [1.165, 1.54) is 0 Å². The van der Waals surface area contributed by atoms with Gasteiger partial charge >= 0.3 is 0 Å². The van der Waals surface area contributed by atoms with Gasteiger partial charge in [0.1, 0.15) is 0 Å². The van der Waals surface area contributed by atoms with Crippen molar-refractivity contribution in [3.8, 4) is 0 Å². The van der Waals surface area contributed by atoms with E-state index in [9.17, 15) is 9.59 Å². The molecule has 1 aliphatic heterocycles. The number of piperazine rings is 1. The van der Waals surface area contributed by atoms with Gasteiger partial charge in [-0.25, -0.2) is 0 Å². The lowest BCUT2D eigenvalue weighted by Crippen LogP contribution is -2.55. The standard InChI is InChI=1S/C11H20N2O2S/c1-4-12-5-10(15)13(6-9(12)14)7-11(2,3)8-16/h16H,4-8H2,1-3H3. The molecule has 0 aromatic carbocycles. The highest BCUT2D eigenvalue weighted by atomic mass is 32.1. The molecule has 0 saturated carbocycles. The Balaban J connectivity index is 2.64. The van der Waals surface area contributed by atoms with Crippen LogP contribution in [-0.4, -0.2) is 53.5 Å². The van der Waals surface area contributed by atoms with Crippen LogP contribution < -0.4 is 0 Å². The van der Waals surface area contributed by atoms with Crippen LogP contribution in [0.2, 0.25) is 0 Å². The van der Waals surface area contributed by atoms with E-state index in [1.54, 1.807) is 9.80 Å². The number of thiol groups is 1. The Bertz CT molecular complexity index is 292. The van der Waals surface area contributed by atoms with Gasteiger partial charge in [-0.3, -0.25) is 9.59 Å². The van der Waals surface area contributed by atoms with Crippen LogP contribution in [0.25, 0.3) is 0 Å². The number of hydrogen-bond donors (Lipinski definition) is 1. The minimum atomic E-state index is -0.0482. The quantitative estimate of drug-likeness (QED) is 0.737. The first-order valence-electron chi connectivity index (χ1n) is 5.56. The summed E-state index contributed by atoms with van der Waals surface area (Å²) in [6.45, 7) is 7.61. The summed E-state index contributed by atoms with van der Waals surface area (Å²) >= 11 is 4.26. The Hall–Kier alpha value is -0.710. The van der Waals surface area contributed by atoms with Gasteiger partial charge in [-0.2, -0.15) is 12.6 Å². The third-order valence-corrected chi connectivity index (χ3v) is 3.64. The lowest BCUT2D eigenvalue weighted by atomic mass is 9.95. The fraction of sp³-hybridized carbons (Fsp3) is 0.818. The van der Waals surface area contributed by atoms with Gasteiger partial charge in [-0.1, -0.05) is 13.8 Å². The van der Waals surface area contributed by atoms with Gasteiger partial charge in [0.2, 0.25) is 11.8 Å². The second-order valence-corrected chi connectivity index (χ2v) is 5.30. The monoisotopic (exact) mass is 244 g/mol. The summed E-state index contributed by atoms with van der Waals surface area (Å²) < 4.78 is 0. The van der Waals surface area contributed by atoms with E-state index in [0.717, 1.165) is 0 Å². The third-order valence-electron chi connectivity index (χ3n) is 2.79. The number of carbonyl (C=O) groups excluding carboxylic acids is 2. The minimum absolute atomic E-state index is 0.0382. The van der Waals surface area contributed by atoms with Crippen molar-refractivity contribution in [3.05, 3.63) is 0 Å². The maximum absolute atomic E-state index is 11.8. The first-order valence-corrected chi connectivity index (χ1v) is 6.19. The molecule has 0 aromatic rings. The van der Waals surface area contributed by atoms with Crippen LogP contribution in [0.3, 0.4) is 0 Å². The first kappa shape index (κ1) is 13.4. The molecular weight excluding hydrogens is 224 g/mol. The molecule has 1 saturated heterocycles. The van der Waals surface area contributed by atoms with E-state index in [1.807, 2.05) is 20.8 Å². The topological polar surface area (TPSA) is 40.6 Å². The van der Waals surface area contributed by atoms with Gasteiger partial charge < -0.3 is 9.80 Å². The molecule has 0 bridgehead atoms. The highest BCUT2D eigenvalue weighted by molar-refractivity contribution is 7.80. The van der Waals surface area contributed by atoms with Gasteiger partial charge in [-0.05, 0) is 18.1 Å². The summed E-state index contributed by atoms with van der Waals surface area (Å²) in [6.07, 6.45) is 0. The molecule has 0 aromatic heterocycles. The third kappa shape index (κ3) is 3.14. The van der Waals surface area contributed by atoms with Crippen molar-refractivity contribution >= 4 is 24.4 Å². The Morgan fingerprint density at radius 2 is 1.69 bits per heavy atom. The van der Waals surface area contributed by atoms with Crippen LogP contribution in [-0.2, 0) is 9.59 Å². The summed E-state index contributed by atoms with van der Waals surface area (Å²) in [4.78, 5) is 26.7. The Morgan fingerprint density at radius 3 is 2.19 bits per heavy atom. The maximum Gasteiger partial charge on any atom is 0.242 e. The van der Waals surface area contributed by atoms with Crippen LogP contribution in [0.1, 0.15) is 20.8 Å². The molecule has 16 heavy (non-hydrogen) atoms. The Morgan fingerprint density at radius 1 is 1.19 bits per heavy atom. The first-order chi connectivity index (χ1) is 7.39. The number of nitrogens with zero attached hydrogens (tertiary/aromatic N) is 2. The van der Waals surface area contributed by atoms with Crippen LogP contribution >= 0.6 is 12.6 Å². The summed E-state index contributed by atoms with van der Waals surface area (Å²) in [7, 11) is 0. The van der Waals surface area contributed by atoms with Crippen LogP contribution in [0, 0.1) is 5.41 Å². The SMILES string of the molecule is CCN1CC(=O)N(CC(C)(C)CS)CC1=O. The van der Waals surface area contributed by atoms with Crippen molar-refractivity contribution in [1.82, 2.24) is 9.80 Å². The highest BCUT2D eigenvalue weighted by Crippen LogP contribution is 2.20. The molecule has 2 amide bonds. The summed E-state index contributed by atoms with van der Waals surface area (Å²) in [6, 6.07) is 0. The summed E-state index contributed by atoms with van der Waals surface area (Å²) in [5.74, 6) is 0.774. The normalized spacial score (nSPS) is 18.2. The molecule has 1 rings (SSSR count). The number of likely N-dealkylation sites (N-methyl/N-ethyl adjacent to an activating group) is 1. The molecule has 0 aliphatic carbocycles.